The third kappa shape index (κ3) is 3.26. The van der Waals surface area contributed by atoms with Gasteiger partial charge >= 0.3 is 5.97 Å². The number of aromatic nitrogens is 5. The van der Waals surface area contributed by atoms with Crippen molar-refractivity contribution in [3.63, 3.8) is 0 Å². The molecule has 0 aliphatic carbocycles. The van der Waals surface area contributed by atoms with E-state index in [0.717, 1.165) is 0 Å². The first-order chi connectivity index (χ1) is 10.0. The van der Waals surface area contributed by atoms with E-state index >= 15 is 0 Å². The smallest absolute Gasteiger partial charge is 0.358 e. The zero-order chi connectivity index (χ0) is 15.4. The number of aliphatic hydroxyl groups excluding tert-OH is 1. The molecule has 2 aromatic heterocycles. The number of aromatic carboxylic acids is 1. The number of ether oxygens (including phenoxy) is 1. The van der Waals surface area contributed by atoms with Gasteiger partial charge in [-0.2, -0.15) is 0 Å². The topological polar surface area (TPSA) is 115 Å². The second-order valence-corrected chi connectivity index (χ2v) is 4.48. The molecule has 2 N–H and O–H groups in total. The van der Waals surface area contributed by atoms with Crippen LogP contribution in [-0.2, 0) is 18.3 Å². The van der Waals surface area contributed by atoms with Crippen molar-refractivity contribution in [3.8, 4) is 11.4 Å². The fourth-order valence-corrected chi connectivity index (χ4v) is 1.93. The number of aryl methyl sites for hydroxylation is 1. The van der Waals surface area contributed by atoms with Crippen molar-refractivity contribution in [2.24, 2.45) is 7.05 Å². The van der Waals surface area contributed by atoms with Gasteiger partial charge in [0.05, 0.1) is 37.5 Å². The third-order valence-electron chi connectivity index (χ3n) is 2.90. The number of carboxylic acids is 1. The minimum atomic E-state index is -1.18. The van der Waals surface area contributed by atoms with E-state index in [2.05, 4.69) is 15.3 Å². The van der Waals surface area contributed by atoms with Crippen molar-refractivity contribution in [2.75, 3.05) is 13.2 Å². The molecule has 0 spiro atoms. The summed E-state index contributed by atoms with van der Waals surface area (Å²) < 4.78 is 8.15. The van der Waals surface area contributed by atoms with Gasteiger partial charge in [0.25, 0.3) is 0 Å². The molecule has 2 rings (SSSR count). The zero-order valence-electron chi connectivity index (χ0n) is 11.8. The van der Waals surface area contributed by atoms with Crippen molar-refractivity contribution < 1.29 is 19.7 Å². The Bertz CT molecular complexity index is 621. The number of hydrogen-bond donors (Lipinski definition) is 2. The monoisotopic (exact) mass is 295 g/mol. The maximum Gasteiger partial charge on any atom is 0.358 e. The van der Waals surface area contributed by atoms with Gasteiger partial charge in [-0.25, -0.2) is 14.5 Å². The molecule has 0 bridgehead atoms. The number of imidazole rings is 1. The molecule has 9 heteroatoms. The van der Waals surface area contributed by atoms with Crippen molar-refractivity contribution in [2.45, 2.75) is 19.6 Å². The number of hydrogen-bond acceptors (Lipinski definition) is 6. The molecular weight excluding hydrogens is 278 g/mol. The molecule has 0 fully saturated rings. The summed E-state index contributed by atoms with van der Waals surface area (Å²) in [5, 5.41) is 26.6. The van der Waals surface area contributed by atoms with Crippen molar-refractivity contribution in [1.29, 1.82) is 0 Å². The lowest BCUT2D eigenvalue weighted by molar-refractivity contribution is 0.0316. The molecular formula is C12H17N5O4. The predicted molar refractivity (Wildman–Crippen MR) is 71.7 cm³/mol. The molecule has 9 nitrogen and oxygen atoms in total. The number of rotatable bonds is 7. The Kier molecular flexibility index (Phi) is 4.66. The van der Waals surface area contributed by atoms with E-state index in [-0.39, 0.29) is 18.8 Å². The summed E-state index contributed by atoms with van der Waals surface area (Å²) in [4.78, 5) is 15.2. The Balaban J connectivity index is 2.34. The number of carboxylic acid groups (broad SMARTS) is 1. The summed E-state index contributed by atoms with van der Waals surface area (Å²) in [6.07, 6.45) is 2.27. The highest BCUT2D eigenvalue weighted by Crippen LogP contribution is 2.21. The second-order valence-electron chi connectivity index (χ2n) is 4.48. The van der Waals surface area contributed by atoms with E-state index in [4.69, 9.17) is 4.74 Å². The molecule has 21 heavy (non-hydrogen) atoms. The van der Waals surface area contributed by atoms with Gasteiger partial charge in [-0.05, 0) is 6.92 Å². The van der Waals surface area contributed by atoms with Gasteiger partial charge in [0.1, 0.15) is 5.69 Å². The fraction of sp³-hybridized carbons (Fsp3) is 0.500. The highest BCUT2D eigenvalue weighted by atomic mass is 16.5. The van der Waals surface area contributed by atoms with Crippen LogP contribution < -0.4 is 0 Å². The first-order valence-corrected chi connectivity index (χ1v) is 6.43. The van der Waals surface area contributed by atoms with Crippen molar-refractivity contribution in [3.05, 3.63) is 18.2 Å². The molecule has 0 aliphatic rings. The summed E-state index contributed by atoms with van der Waals surface area (Å²) in [7, 11) is 1.74. The van der Waals surface area contributed by atoms with E-state index in [1.54, 1.807) is 17.9 Å². The highest BCUT2D eigenvalue weighted by molar-refractivity contribution is 5.92. The van der Waals surface area contributed by atoms with Crippen LogP contribution >= 0.6 is 0 Å². The Morgan fingerprint density at radius 1 is 1.52 bits per heavy atom. The Labute approximate surface area is 120 Å². The molecule has 1 unspecified atom stereocenters. The number of aliphatic hydroxyl groups is 1. The van der Waals surface area contributed by atoms with Crippen LogP contribution in [0.5, 0.6) is 0 Å². The van der Waals surface area contributed by atoms with Gasteiger partial charge in [0.2, 0.25) is 0 Å². The second kappa shape index (κ2) is 6.46. The summed E-state index contributed by atoms with van der Waals surface area (Å²) in [5.41, 5.74) is 0.682. The Hall–Kier alpha value is -2.26. The van der Waals surface area contributed by atoms with Crippen LogP contribution in [0.15, 0.2) is 12.5 Å². The molecule has 1 atom stereocenters. The Morgan fingerprint density at radius 2 is 2.29 bits per heavy atom. The zero-order valence-corrected chi connectivity index (χ0v) is 11.8. The van der Waals surface area contributed by atoms with Crippen LogP contribution in [0.1, 0.15) is 17.4 Å². The lowest BCUT2D eigenvalue weighted by atomic mass is 10.2. The van der Waals surface area contributed by atoms with Gasteiger partial charge in [-0.3, -0.25) is 0 Å². The molecule has 2 aromatic rings. The van der Waals surface area contributed by atoms with Crippen molar-refractivity contribution in [1.82, 2.24) is 24.5 Å². The fourth-order valence-electron chi connectivity index (χ4n) is 1.93. The normalized spacial score (nSPS) is 12.5. The summed E-state index contributed by atoms with van der Waals surface area (Å²) in [5.74, 6) is -1.18. The average molecular weight is 295 g/mol. The molecule has 0 amide bonds. The molecule has 0 aromatic carbocycles. The molecule has 0 aliphatic heterocycles. The molecule has 0 radical (unpaired) electrons. The number of carbonyl (C=O) groups is 1. The lowest BCUT2D eigenvalue weighted by Crippen LogP contribution is -2.23. The first kappa shape index (κ1) is 15.1. The maximum absolute atomic E-state index is 11.3. The highest BCUT2D eigenvalue weighted by Gasteiger charge is 2.23. The van der Waals surface area contributed by atoms with Gasteiger partial charge in [-0.15, -0.1) is 5.10 Å². The average Bonchev–Trinajstić information content (AvgIpc) is 3.02. The van der Waals surface area contributed by atoms with Crippen LogP contribution in [0.3, 0.4) is 0 Å². The maximum atomic E-state index is 11.3. The van der Waals surface area contributed by atoms with Gasteiger partial charge in [-0.1, -0.05) is 5.21 Å². The van der Waals surface area contributed by atoms with Gasteiger partial charge < -0.3 is 19.5 Å². The summed E-state index contributed by atoms with van der Waals surface area (Å²) in [6.45, 7) is 2.54. The number of nitrogens with zero attached hydrogens (tertiary/aromatic N) is 5. The molecule has 0 saturated carbocycles. The SMILES string of the molecule is CCOCC(O)Cn1nnc(C(=O)O)c1-c1cncn1C. The van der Waals surface area contributed by atoms with E-state index in [1.807, 2.05) is 6.92 Å². The van der Waals surface area contributed by atoms with E-state index in [0.29, 0.717) is 18.0 Å². The third-order valence-corrected chi connectivity index (χ3v) is 2.90. The van der Waals surface area contributed by atoms with Gasteiger partial charge in [0.15, 0.2) is 5.69 Å². The van der Waals surface area contributed by atoms with E-state index in [1.165, 1.54) is 10.9 Å². The minimum absolute atomic E-state index is 0.0841. The van der Waals surface area contributed by atoms with Gasteiger partial charge in [0, 0.05) is 13.7 Å². The summed E-state index contributed by atoms with van der Waals surface area (Å²) >= 11 is 0. The van der Waals surface area contributed by atoms with Crippen LogP contribution in [0.2, 0.25) is 0 Å². The standard InChI is InChI=1S/C12H17N5O4/c1-3-21-6-8(18)5-17-11(9-4-13-7-16(9)2)10(12(19)20)14-15-17/h4,7-8,18H,3,5-6H2,1-2H3,(H,19,20). The minimum Gasteiger partial charge on any atom is -0.476 e. The quantitative estimate of drug-likeness (QED) is 0.725. The van der Waals surface area contributed by atoms with E-state index < -0.39 is 12.1 Å². The molecule has 0 saturated heterocycles. The van der Waals surface area contributed by atoms with Crippen LogP contribution in [0, 0.1) is 0 Å². The van der Waals surface area contributed by atoms with Crippen LogP contribution in [0.25, 0.3) is 11.4 Å². The van der Waals surface area contributed by atoms with Crippen molar-refractivity contribution >= 4 is 5.97 Å². The molecule has 114 valence electrons. The molecule has 2 heterocycles. The van der Waals surface area contributed by atoms with Crippen LogP contribution in [0.4, 0.5) is 0 Å². The Morgan fingerprint density at radius 3 is 2.86 bits per heavy atom. The van der Waals surface area contributed by atoms with Crippen LogP contribution in [-0.4, -0.2) is 60.0 Å². The summed E-state index contributed by atoms with van der Waals surface area (Å²) in [6, 6.07) is 0. The lowest BCUT2D eigenvalue weighted by Gasteiger charge is -2.12. The largest absolute Gasteiger partial charge is 0.476 e. The predicted octanol–water partition coefficient (Wildman–Crippen LogP) is -0.226. The first-order valence-electron chi connectivity index (χ1n) is 6.43. The van der Waals surface area contributed by atoms with E-state index in [9.17, 15) is 15.0 Å².